The Hall–Kier alpha value is -2.52. The third kappa shape index (κ3) is 9.93. The van der Waals surface area contributed by atoms with Crippen LogP contribution in [0.3, 0.4) is 0 Å². The summed E-state index contributed by atoms with van der Waals surface area (Å²) in [6, 6.07) is 8.65. The Kier molecular flexibility index (Phi) is 17.1. The molecule has 3 aliphatic heterocycles. The molecule has 0 spiro atoms. The third-order valence-electron chi connectivity index (χ3n) is 18.8. The van der Waals surface area contributed by atoms with E-state index in [-0.39, 0.29) is 37.1 Å². The molecular formula is C52H80O21. The Morgan fingerprint density at radius 2 is 1.40 bits per heavy atom. The van der Waals surface area contributed by atoms with Crippen LogP contribution in [0.15, 0.2) is 30.3 Å². The van der Waals surface area contributed by atoms with E-state index in [1.807, 2.05) is 27.7 Å². The molecule has 1 aromatic carbocycles. The molecule has 0 aromatic heterocycles. The van der Waals surface area contributed by atoms with Gasteiger partial charge in [-0.2, -0.15) is 0 Å². The summed E-state index contributed by atoms with van der Waals surface area (Å²) in [7, 11) is 1.35. The number of carbonyl (C=O) groups excluding carboxylic acids is 2. The van der Waals surface area contributed by atoms with Crippen molar-refractivity contribution < 1.29 is 103 Å². The van der Waals surface area contributed by atoms with Crippen LogP contribution in [0.1, 0.15) is 110 Å². The van der Waals surface area contributed by atoms with Gasteiger partial charge in [-0.05, 0) is 101 Å². The average Bonchev–Trinajstić information content (AvgIpc) is 3.67. The molecule has 21 heteroatoms. The molecular weight excluding hydrogens is 961 g/mol. The highest BCUT2D eigenvalue weighted by Gasteiger charge is 2.78. The zero-order valence-corrected chi connectivity index (χ0v) is 42.8. The molecule has 73 heavy (non-hydrogen) atoms. The molecule has 414 valence electrons. The molecule has 26 unspecified atom stereocenters. The molecule has 0 bridgehead atoms. The molecule has 21 nitrogen and oxygen atoms in total. The monoisotopic (exact) mass is 1040 g/mol. The fraction of sp³-hybridized carbons (Fsp3) is 0.846. The van der Waals surface area contributed by atoms with Crippen LogP contribution in [-0.4, -0.2) is 205 Å². The lowest BCUT2D eigenvalue weighted by atomic mass is 9.40. The summed E-state index contributed by atoms with van der Waals surface area (Å²) in [5.41, 5.74) is -4.69. The highest BCUT2D eigenvalue weighted by atomic mass is 16.8. The number of aliphatic hydroxyl groups is 10. The van der Waals surface area contributed by atoms with E-state index in [9.17, 15) is 60.7 Å². The normalized spacial score (nSPS) is 48.6. The van der Waals surface area contributed by atoms with Crippen LogP contribution in [0.25, 0.3) is 0 Å². The van der Waals surface area contributed by atoms with E-state index in [0.717, 1.165) is 0 Å². The highest BCUT2D eigenvalue weighted by molar-refractivity contribution is 5.89. The maximum absolute atomic E-state index is 14.0. The molecule has 4 saturated carbocycles. The predicted molar refractivity (Wildman–Crippen MR) is 251 cm³/mol. The Morgan fingerprint density at radius 3 is 2.05 bits per heavy atom. The smallest absolute Gasteiger partial charge is 0.338 e. The van der Waals surface area contributed by atoms with E-state index in [1.54, 1.807) is 37.3 Å². The number of methoxy groups -OCH3 is 1. The maximum atomic E-state index is 14.0. The minimum absolute atomic E-state index is 0.0284. The van der Waals surface area contributed by atoms with Crippen LogP contribution in [-0.2, 0) is 47.4 Å². The molecule has 10 N–H and O–H groups in total. The summed E-state index contributed by atoms with van der Waals surface area (Å²) in [6.07, 6.45) is -20.1. The summed E-state index contributed by atoms with van der Waals surface area (Å²) in [6.45, 7) is 9.93. The van der Waals surface area contributed by atoms with Crippen LogP contribution in [0.5, 0.6) is 0 Å². The lowest BCUT2D eigenvalue weighted by molar-refractivity contribution is -0.368. The zero-order valence-electron chi connectivity index (χ0n) is 42.8. The molecule has 7 fully saturated rings. The second-order valence-electron chi connectivity index (χ2n) is 22.5. The second kappa shape index (κ2) is 22.1. The Labute approximate surface area is 425 Å². The van der Waals surface area contributed by atoms with Gasteiger partial charge in [0.2, 0.25) is 0 Å². The SMILES string of the molecule is CCC(C)C(=O)OC(C)C1CCC2(O)C3(O)CCC4CC(OC5OC(C)C(OC6OC(COC7OC(CO)C(O)C(O)C7O)C(O)C(O)C6O)C(OC)C5O)CCC4(C)C3CC(OC(=O)c3ccccc3)C12C. The number of aliphatic hydroxyl groups excluding tert-OH is 8. The van der Waals surface area contributed by atoms with Crippen molar-refractivity contribution in [2.75, 3.05) is 20.3 Å². The minimum atomic E-state index is -1.82. The Morgan fingerprint density at radius 1 is 0.753 bits per heavy atom. The number of hydrogen-bond donors (Lipinski definition) is 10. The van der Waals surface area contributed by atoms with E-state index < -0.39 is 163 Å². The quantitative estimate of drug-likeness (QED) is 0.0829. The number of ether oxygens (including phenoxy) is 9. The summed E-state index contributed by atoms with van der Waals surface area (Å²) < 4.78 is 54.1. The average molecular weight is 1040 g/mol. The Bertz CT molecular complexity index is 2030. The topological polar surface area (TPSA) is 320 Å². The van der Waals surface area contributed by atoms with Crippen LogP contribution in [0, 0.1) is 34.5 Å². The van der Waals surface area contributed by atoms with Crippen molar-refractivity contribution in [3.63, 3.8) is 0 Å². The molecule has 0 amide bonds. The number of fused-ring (bicyclic) bond motifs is 5. The number of hydrogen-bond acceptors (Lipinski definition) is 21. The molecule has 1 aromatic rings. The predicted octanol–water partition coefficient (Wildman–Crippen LogP) is 0.204. The molecule has 7 aliphatic rings. The maximum Gasteiger partial charge on any atom is 0.338 e. The number of esters is 2. The van der Waals surface area contributed by atoms with Gasteiger partial charge in [-0.15, -0.1) is 0 Å². The number of benzene rings is 1. The van der Waals surface area contributed by atoms with Gasteiger partial charge < -0.3 is 93.7 Å². The third-order valence-corrected chi connectivity index (χ3v) is 18.8. The van der Waals surface area contributed by atoms with Crippen molar-refractivity contribution in [2.24, 2.45) is 34.5 Å². The van der Waals surface area contributed by atoms with E-state index in [1.165, 1.54) is 7.11 Å². The standard InChI is InChI=1S/C52H80O21/c1-8-24(2)44(61)67-25(3)30-16-19-52(64)50(30,6)34(72-45(62)27-12-10-9-11-13-27)21-33-49(5)17-15-29(20-28(49)14-18-51(33,52)63)69-48-41(60)43(65-7)42(26(4)68-48)73-47-40(59)38(57)36(55)32(71-47)23-66-46-39(58)37(56)35(54)31(22-53)70-46/h9-13,24-26,28-43,46-48,53-60,63-64H,8,14-23H2,1-7H3. The first kappa shape index (κ1) is 56.7. The van der Waals surface area contributed by atoms with Gasteiger partial charge in [0.25, 0.3) is 0 Å². The minimum Gasteiger partial charge on any atom is -0.462 e. The van der Waals surface area contributed by atoms with Crippen LogP contribution in [0.4, 0.5) is 0 Å². The zero-order chi connectivity index (χ0) is 53.1. The molecule has 8 rings (SSSR count). The van der Waals surface area contributed by atoms with Gasteiger partial charge in [-0.25, -0.2) is 4.79 Å². The van der Waals surface area contributed by atoms with E-state index >= 15 is 0 Å². The van der Waals surface area contributed by atoms with Gasteiger partial charge in [-0.3, -0.25) is 4.79 Å². The van der Waals surface area contributed by atoms with Crippen molar-refractivity contribution in [1.29, 1.82) is 0 Å². The van der Waals surface area contributed by atoms with Gasteiger partial charge >= 0.3 is 11.9 Å². The summed E-state index contributed by atoms with van der Waals surface area (Å²) in [5.74, 6) is -2.19. The Balaban J connectivity index is 0.944. The van der Waals surface area contributed by atoms with Crippen LogP contribution in [0.2, 0.25) is 0 Å². The fourth-order valence-electron chi connectivity index (χ4n) is 14.0. The molecule has 4 aliphatic carbocycles. The second-order valence-corrected chi connectivity index (χ2v) is 22.5. The van der Waals surface area contributed by atoms with Crippen LogP contribution < -0.4 is 0 Å². The van der Waals surface area contributed by atoms with Gasteiger partial charge in [0.15, 0.2) is 18.9 Å². The first-order chi connectivity index (χ1) is 34.5. The van der Waals surface area contributed by atoms with E-state index in [4.69, 9.17) is 42.6 Å². The van der Waals surface area contributed by atoms with Crippen molar-refractivity contribution >= 4 is 11.9 Å². The highest BCUT2D eigenvalue weighted by Crippen LogP contribution is 2.71. The van der Waals surface area contributed by atoms with Crippen molar-refractivity contribution in [3.8, 4) is 0 Å². The molecule has 3 heterocycles. The van der Waals surface area contributed by atoms with E-state index in [0.29, 0.717) is 44.1 Å². The molecule has 0 radical (unpaired) electrons. The fourth-order valence-corrected chi connectivity index (χ4v) is 14.0. The number of carbonyl (C=O) groups is 2. The van der Waals surface area contributed by atoms with Gasteiger partial charge in [0, 0.05) is 18.4 Å². The molecule has 3 saturated heterocycles. The summed E-state index contributed by atoms with van der Waals surface area (Å²) in [5, 5.41) is 111. The van der Waals surface area contributed by atoms with Gasteiger partial charge in [0.05, 0.1) is 42.5 Å². The lowest BCUT2D eigenvalue weighted by Gasteiger charge is -2.68. The van der Waals surface area contributed by atoms with Crippen molar-refractivity contribution in [1.82, 2.24) is 0 Å². The van der Waals surface area contributed by atoms with Gasteiger partial charge in [-0.1, -0.05) is 45.9 Å². The first-order valence-corrected chi connectivity index (χ1v) is 26.2. The first-order valence-electron chi connectivity index (χ1n) is 26.2. The largest absolute Gasteiger partial charge is 0.462 e. The van der Waals surface area contributed by atoms with Crippen molar-refractivity contribution in [3.05, 3.63) is 35.9 Å². The molecule has 26 atom stereocenters. The van der Waals surface area contributed by atoms with Crippen molar-refractivity contribution in [2.45, 2.75) is 221 Å². The van der Waals surface area contributed by atoms with Crippen LogP contribution >= 0.6 is 0 Å². The number of rotatable bonds is 15. The lowest BCUT2D eigenvalue weighted by Crippen LogP contribution is -2.77. The van der Waals surface area contributed by atoms with Gasteiger partial charge in [0.1, 0.15) is 85.0 Å². The van der Waals surface area contributed by atoms with E-state index in [2.05, 4.69) is 6.92 Å². The summed E-state index contributed by atoms with van der Waals surface area (Å²) in [4.78, 5) is 27.1. The summed E-state index contributed by atoms with van der Waals surface area (Å²) >= 11 is 0.